The molecule has 0 N–H and O–H groups in total. The monoisotopic (exact) mass is 519 g/mol. The van der Waals surface area contributed by atoms with Crippen LogP contribution in [-0.4, -0.2) is 19.8 Å². The second-order valence-electron chi connectivity index (χ2n) is 9.33. The molecule has 0 saturated carbocycles. The van der Waals surface area contributed by atoms with Crippen molar-refractivity contribution in [2.24, 2.45) is 0 Å². The van der Waals surface area contributed by atoms with Crippen LogP contribution in [0.4, 0.5) is 0 Å². The zero-order valence-corrected chi connectivity index (χ0v) is 23.3. The molecule has 0 saturated heterocycles. The molecule has 163 valence electrons. The topological polar surface area (TPSA) is 0 Å². The van der Waals surface area contributed by atoms with E-state index in [0.29, 0.717) is 0 Å². The maximum atomic E-state index is 2.36. The quantitative estimate of drug-likeness (QED) is 0.252. The zero-order chi connectivity index (χ0) is 22.4. The minimum atomic E-state index is -1.52. The Morgan fingerprint density at radius 3 is 1.03 bits per heavy atom. The molecule has 0 fully saturated rings. The predicted molar refractivity (Wildman–Crippen MR) is 139 cm³/mol. The van der Waals surface area contributed by atoms with Gasteiger partial charge in [0, 0.05) is 0 Å². The molecule has 0 bridgehead atoms. The third kappa shape index (κ3) is 6.48. The third-order valence-corrected chi connectivity index (χ3v) is 15.6. The summed E-state index contributed by atoms with van der Waals surface area (Å²) in [6.07, 6.45) is 3.84. The molecular formula is C30H39Sn. The van der Waals surface area contributed by atoms with E-state index in [1.54, 1.807) is 16.7 Å². The first kappa shape index (κ1) is 24.1. The van der Waals surface area contributed by atoms with Crippen LogP contribution in [0.15, 0.2) is 54.6 Å². The van der Waals surface area contributed by atoms with E-state index in [4.69, 9.17) is 0 Å². The van der Waals surface area contributed by atoms with Crippen LogP contribution >= 0.6 is 0 Å². The molecule has 0 unspecified atom stereocenters. The fraction of sp³-hybridized carbons (Fsp3) is 0.400. The van der Waals surface area contributed by atoms with E-state index in [1.165, 1.54) is 66.0 Å². The molecule has 3 rings (SSSR count). The molecule has 0 heterocycles. The summed E-state index contributed by atoms with van der Waals surface area (Å²) in [4.78, 5) is 0. The Bertz CT molecular complexity index is 883. The van der Waals surface area contributed by atoms with Gasteiger partial charge in [-0.2, -0.15) is 0 Å². The van der Waals surface area contributed by atoms with Crippen LogP contribution < -0.4 is 0 Å². The summed E-state index contributed by atoms with van der Waals surface area (Å²) in [7, 11) is 0. The summed E-state index contributed by atoms with van der Waals surface area (Å²) >= 11 is -1.52. The standard InChI is InChI=1S/3C10H13.Sn/c3*1-4-10-7-5-6-8(2)9(10)3;/h3*5-7H,1,4H2,2-3H3;. The summed E-state index contributed by atoms with van der Waals surface area (Å²) < 4.78 is 4.42. The normalized spacial score (nSPS) is 11.3. The SMILES string of the molecule is Cc1cccc(C[CH2][Sn]([CH2]Cc2cccc(C)c2C)[CH2]Cc2cccc(C)c2C)c1C. The summed E-state index contributed by atoms with van der Waals surface area (Å²) in [6, 6.07) is 20.6. The van der Waals surface area contributed by atoms with Gasteiger partial charge in [0.1, 0.15) is 0 Å². The van der Waals surface area contributed by atoms with Gasteiger partial charge in [0.25, 0.3) is 0 Å². The maximum absolute atomic E-state index is 2.36. The van der Waals surface area contributed by atoms with E-state index in [1.807, 2.05) is 0 Å². The van der Waals surface area contributed by atoms with Gasteiger partial charge in [-0.05, 0) is 0 Å². The van der Waals surface area contributed by atoms with Crippen molar-refractivity contribution in [3.8, 4) is 0 Å². The average Bonchev–Trinajstić information content (AvgIpc) is 2.75. The van der Waals surface area contributed by atoms with Crippen LogP contribution in [0.2, 0.25) is 13.3 Å². The van der Waals surface area contributed by atoms with E-state index in [0.717, 1.165) is 0 Å². The Hall–Kier alpha value is -1.54. The van der Waals surface area contributed by atoms with Gasteiger partial charge >= 0.3 is 199 Å². The van der Waals surface area contributed by atoms with Crippen LogP contribution in [0, 0.1) is 41.5 Å². The van der Waals surface area contributed by atoms with Crippen LogP contribution in [0.5, 0.6) is 0 Å². The minimum absolute atomic E-state index is 1.28. The Balaban J connectivity index is 1.71. The average molecular weight is 518 g/mol. The van der Waals surface area contributed by atoms with Crippen LogP contribution in [0.25, 0.3) is 0 Å². The number of hydrogen-bond acceptors (Lipinski definition) is 0. The molecule has 0 nitrogen and oxygen atoms in total. The number of aryl methyl sites for hydroxylation is 6. The van der Waals surface area contributed by atoms with Gasteiger partial charge in [0.15, 0.2) is 0 Å². The van der Waals surface area contributed by atoms with Crippen molar-refractivity contribution in [3.63, 3.8) is 0 Å². The fourth-order valence-electron chi connectivity index (χ4n) is 4.56. The Kier molecular flexibility index (Phi) is 8.84. The van der Waals surface area contributed by atoms with E-state index in [9.17, 15) is 0 Å². The van der Waals surface area contributed by atoms with Crippen molar-refractivity contribution in [1.29, 1.82) is 0 Å². The molecular weight excluding hydrogens is 479 g/mol. The van der Waals surface area contributed by atoms with Crippen LogP contribution in [0.1, 0.15) is 50.1 Å². The molecule has 3 aromatic rings. The Morgan fingerprint density at radius 1 is 0.452 bits per heavy atom. The summed E-state index contributed by atoms with van der Waals surface area (Å²) in [5.74, 6) is 0. The first-order chi connectivity index (χ1) is 14.9. The van der Waals surface area contributed by atoms with Crippen molar-refractivity contribution in [2.75, 3.05) is 0 Å². The molecule has 0 amide bonds. The van der Waals surface area contributed by atoms with Gasteiger partial charge in [0.2, 0.25) is 0 Å². The number of hydrogen-bond donors (Lipinski definition) is 0. The van der Waals surface area contributed by atoms with E-state index < -0.39 is 19.8 Å². The predicted octanol–water partition coefficient (Wildman–Crippen LogP) is 8.06. The van der Waals surface area contributed by atoms with E-state index in [-0.39, 0.29) is 0 Å². The third-order valence-electron chi connectivity index (χ3n) is 7.39. The second kappa shape index (κ2) is 11.4. The molecule has 3 aromatic carbocycles. The zero-order valence-electron chi connectivity index (χ0n) is 20.4. The molecule has 0 atom stereocenters. The fourth-order valence-corrected chi connectivity index (χ4v) is 12.0. The van der Waals surface area contributed by atoms with Gasteiger partial charge in [0.05, 0.1) is 0 Å². The molecule has 0 aliphatic rings. The van der Waals surface area contributed by atoms with Crippen molar-refractivity contribution < 1.29 is 0 Å². The van der Waals surface area contributed by atoms with Gasteiger partial charge in [-0.1, -0.05) is 0 Å². The number of benzene rings is 3. The molecule has 0 aliphatic heterocycles. The van der Waals surface area contributed by atoms with Crippen molar-refractivity contribution in [1.82, 2.24) is 0 Å². The van der Waals surface area contributed by atoms with E-state index in [2.05, 4.69) is 96.1 Å². The van der Waals surface area contributed by atoms with Gasteiger partial charge < -0.3 is 0 Å². The van der Waals surface area contributed by atoms with Crippen LogP contribution in [-0.2, 0) is 19.3 Å². The number of rotatable bonds is 9. The van der Waals surface area contributed by atoms with E-state index >= 15 is 0 Å². The molecule has 0 aromatic heterocycles. The Morgan fingerprint density at radius 2 is 0.742 bits per heavy atom. The van der Waals surface area contributed by atoms with Crippen molar-refractivity contribution in [2.45, 2.75) is 74.1 Å². The molecule has 0 spiro atoms. The summed E-state index contributed by atoms with van der Waals surface area (Å²) in [5.41, 5.74) is 13.6. The first-order valence-corrected chi connectivity index (χ1v) is 17.9. The van der Waals surface area contributed by atoms with Crippen molar-refractivity contribution in [3.05, 3.63) is 105 Å². The first-order valence-electron chi connectivity index (χ1n) is 11.9. The van der Waals surface area contributed by atoms with Gasteiger partial charge in [-0.3, -0.25) is 0 Å². The molecule has 0 aliphatic carbocycles. The van der Waals surface area contributed by atoms with Crippen LogP contribution in [0.3, 0.4) is 0 Å². The molecule has 31 heavy (non-hydrogen) atoms. The van der Waals surface area contributed by atoms with Gasteiger partial charge in [-0.25, -0.2) is 0 Å². The molecule has 1 radical (unpaired) electrons. The van der Waals surface area contributed by atoms with Gasteiger partial charge in [-0.15, -0.1) is 0 Å². The van der Waals surface area contributed by atoms with Crippen molar-refractivity contribution >= 4 is 19.8 Å². The second-order valence-corrected chi connectivity index (χ2v) is 17.9. The summed E-state index contributed by atoms with van der Waals surface area (Å²) in [5, 5.41) is 0. The molecule has 1 heteroatoms. The summed E-state index contributed by atoms with van der Waals surface area (Å²) in [6.45, 7) is 13.7. The Labute approximate surface area is 197 Å².